The summed E-state index contributed by atoms with van der Waals surface area (Å²) in [6.45, 7) is 6.79. The van der Waals surface area contributed by atoms with Crippen molar-refractivity contribution < 1.29 is 0 Å². The summed E-state index contributed by atoms with van der Waals surface area (Å²) >= 11 is 0. The first kappa shape index (κ1) is 12.7. The predicted molar refractivity (Wildman–Crippen MR) is 60.7 cm³/mol. The molecule has 2 N–H and O–H groups in total. The van der Waals surface area contributed by atoms with Crippen molar-refractivity contribution in [3.8, 4) is 0 Å². The Kier molecular flexibility index (Phi) is 9.56. The minimum absolute atomic E-state index is 0.716. The Morgan fingerprint density at radius 3 is 2.38 bits per heavy atom. The van der Waals surface area contributed by atoms with Crippen LogP contribution in [-0.4, -0.2) is 6.54 Å². The fourth-order valence-corrected chi connectivity index (χ4v) is 1.43. The highest BCUT2D eigenvalue weighted by Crippen LogP contribution is 2.11. The molecule has 0 heterocycles. The molecule has 0 aliphatic heterocycles. The first-order valence-electron chi connectivity index (χ1n) is 5.62. The molecule has 0 aromatic rings. The lowest BCUT2D eigenvalue weighted by Crippen LogP contribution is -2.10. The summed E-state index contributed by atoms with van der Waals surface area (Å²) < 4.78 is 0. The summed E-state index contributed by atoms with van der Waals surface area (Å²) in [4.78, 5) is 0. The second-order valence-corrected chi connectivity index (χ2v) is 3.97. The second kappa shape index (κ2) is 9.79. The van der Waals surface area contributed by atoms with Gasteiger partial charge in [0, 0.05) is 0 Å². The van der Waals surface area contributed by atoms with Crippen molar-refractivity contribution in [3.05, 3.63) is 12.7 Å². The molecular formula is C12H25N. The monoisotopic (exact) mass is 183 g/mol. The first-order valence-corrected chi connectivity index (χ1v) is 5.62. The Morgan fingerprint density at radius 2 is 1.77 bits per heavy atom. The second-order valence-electron chi connectivity index (χ2n) is 3.97. The molecule has 0 radical (unpaired) electrons. The average Bonchev–Trinajstić information content (AvgIpc) is 2.16. The third kappa shape index (κ3) is 9.62. The largest absolute Gasteiger partial charge is 0.330 e. The zero-order valence-corrected chi connectivity index (χ0v) is 9.10. The molecule has 0 saturated carbocycles. The van der Waals surface area contributed by atoms with Crippen molar-refractivity contribution in [3.63, 3.8) is 0 Å². The maximum Gasteiger partial charge on any atom is -0.00515 e. The zero-order valence-electron chi connectivity index (χ0n) is 9.10. The van der Waals surface area contributed by atoms with Gasteiger partial charge in [-0.25, -0.2) is 0 Å². The molecule has 78 valence electrons. The summed E-state index contributed by atoms with van der Waals surface area (Å²) in [7, 11) is 0. The highest BCUT2D eigenvalue weighted by molar-refractivity contribution is 4.65. The van der Waals surface area contributed by atoms with E-state index in [1.54, 1.807) is 0 Å². The number of hydrogen-bond acceptors (Lipinski definition) is 1. The van der Waals surface area contributed by atoms with Gasteiger partial charge in [0.05, 0.1) is 0 Å². The Balaban J connectivity index is 2.95. The van der Waals surface area contributed by atoms with Crippen LogP contribution in [0.2, 0.25) is 0 Å². The van der Waals surface area contributed by atoms with Crippen LogP contribution in [0.1, 0.15) is 51.9 Å². The van der Waals surface area contributed by atoms with Crippen molar-refractivity contribution in [1.82, 2.24) is 0 Å². The lowest BCUT2D eigenvalue weighted by Gasteiger charge is -2.06. The summed E-state index contributed by atoms with van der Waals surface area (Å²) in [5, 5.41) is 0. The van der Waals surface area contributed by atoms with Crippen LogP contribution >= 0.6 is 0 Å². The van der Waals surface area contributed by atoms with Gasteiger partial charge in [0.25, 0.3) is 0 Å². The van der Waals surface area contributed by atoms with Crippen LogP contribution in [0, 0.1) is 5.92 Å². The van der Waals surface area contributed by atoms with Crippen LogP contribution in [0.15, 0.2) is 12.7 Å². The van der Waals surface area contributed by atoms with Crippen molar-refractivity contribution in [1.29, 1.82) is 0 Å². The van der Waals surface area contributed by atoms with E-state index in [9.17, 15) is 0 Å². The van der Waals surface area contributed by atoms with Crippen LogP contribution < -0.4 is 5.73 Å². The number of unbranched alkanes of at least 4 members (excludes halogenated alkanes) is 5. The molecule has 1 unspecified atom stereocenters. The number of allylic oxidation sites excluding steroid dienone is 1. The summed E-state index contributed by atoms with van der Waals surface area (Å²) in [6.07, 6.45) is 11.3. The van der Waals surface area contributed by atoms with E-state index in [2.05, 4.69) is 13.5 Å². The van der Waals surface area contributed by atoms with Crippen LogP contribution in [0.4, 0.5) is 0 Å². The first-order chi connectivity index (χ1) is 6.31. The molecule has 0 bridgehead atoms. The molecule has 0 fully saturated rings. The number of nitrogens with two attached hydrogens (primary N) is 1. The average molecular weight is 183 g/mol. The van der Waals surface area contributed by atoms with E-state index in [0.717, 1.165) is 6.54 Å². The van der Waals surface area contributed by atoms with Crippen LogP contribution in [-0.2, 0) is 0 Å². The van der Waals surface area contributed by atoms with Crippen molar-refractivity contribution in [2.45, 2.75) is 51.9 Å². The topological polar surface area (TPSA) is 26.0 Å². The van der Waals surface area contributed by atoms with Crippen LogP contribution in [0.5, 0.6) is 0 Å². The minimum atomic E-state index is 0.716. The van der Waals surface area contributed by atoms with Crippen LogP contribution in [0.3, 0.4) is 0 Å². The highest BCUT2D eigenvalue weighted by atomic mass is 14.5. The Labute approximate surface area is 83.4 Å². The molecule has 0 amide bonds. The quantitative estimate of drug-likeness (QED) is 0.430. The van der Waals surface area contributed by atoms with Crippen molar-refractivity contribution in [2.24, 2.45) is 11.7 Å². The molecular weight excluding hydrogens is 158 g/mol. The van der Waals surface area contributed by atoms with Crippen molar-refractivity contribution >= 4 is 0 Å². The van der Waals surface area contributed by atoms with Gasteiger partial charge in [0.2, 0.25) is 0 Å². The maximum atomic E-state index is 5.54. The smallest absolute Gasteiger partial charge is 0.00515 e. The molecule has 0 rings (SSSR count). The van der Waals surface area contributed by atoms with Gasteiger partial charge in [-0.1, -0.05) is 38.7 Å². The van der Waals surface area contributed by atoms with Crippen molar-refractivity contribution in [2.75, 3.05) is 6.54 Å². The molecule has 0 aliphatic carbocycles. The van der Waals surface area contributed by atoms with Gasteiger partial charge in [-0.05, 0) is 31.7 Å². The summed E-state index contributed by atoms with van der Waals surface area (Å²) in [5.41, 5.74) is 5.54. The Morgan fingerprint density at radius 1 is 1.15 bits per heavy atom. The zero-order chi connectivity index (χ0) is 9.94. The lowest BCUT2D eigenvalue weighted by molar-refractivity contribution is 0.492. The molecule has 1 atom stereocenters. The Bertz CT molecular complexity index is 110. The lowest BCUT2D eigenvalue weighted by atomic mass is 10.0. The predicted octanol–water partition coefficient (Wildman–Crippen LogP) is 3.50. The third-order valence-electron chi connectivity index (χ3n) is 2.51. The van der Waals surface area contributed by atoms with Crippen LogP contribution in [0.25, 0.3) is 0 Å². The highest BCUT2D eigenvalue weighted by Gasteiger charge is 1.97. The molecule has 1 nitrogen and oxygen atoms in total. The number of hydrogen-bond donors (Lipinski definition) is 1. The summed E-state index contributed by atoms with van der Waals surface area (Å²) in [6, 6.07) is 0. The van der Waals surface area contributed by atoms with E-state index < -0.39 is 0 Å². The standard InChI is InChI=1S/C12H25N/c1-3-4-5-6-7-8-9-10-12(2)11-13/h3,12H,1,4-11,13H2,2H3. The molecule has 0 saturated heterocycles. The minimum Gasteiger partial charge on any atom is -0.330 e. The van der Waals surface area contributed by atoms with Gasteiger partial charge < -0.3 is 5.73 Å². The van der Waals surface area contributed by atoms with E-state index >= 15 is 0 Å². The molecule has 0 spiro atoms. The maximum absolute atomic E-state index is 5.54. The molecule has 0 aliphatic rings. The van der Waals surface area contributed by atoms with Gasteiger partial charge in [-0.2, -0.15) is 0 Å². The fraction of sp³-hybridized carbons (Fsp3) is 0.833. The SMILES string of the molecule is C=CCCCCCCCC(C)CN. The van der Waals surface area contributed by atoms with E-state index in [1.807, 2.05) is 6.08 Å². The third-order valence-corrected chi connectivity index (χ3v) is 2.51. The Hall–Kier alpha value is -0.300. The van der Waals surface area contributed by atoms with E-state index in [4.69, 9.17) is 5.73 Å². The van der Waals surface area contributed by atoms with E-state index in [0.29, 0.717) is 5.92 Å². The molecule has 0 aromatic heterocycles. The molecule has 0 aromatic carbocycles. The van der Waals surface area contributed by atoms with E-state index in [1.165, 1.54) is 44.9 Å². The number of rotatable bonds is 9. The van der Waals surface area contributed by atoms with E-state index in [-0.39, 0.29) is 0 Å². The fourth-order valence-electron chi connectivity index (χ4n) is 1.43. The molecule has 1 heteroatoms. The molecule has 13 heavy (non-hydrogen) atoms. The van der Waals surface area contributed by atoms with Gasteiger partial charge >= 0.3 is 0 Å². The van der Waals surface area contributed by atoms with Gasteiger partial charge in [0.1, 0.15) is 0 Å². The van der Waals surface area contributed by atoms with Gasteiger partial charge in [-0.15, -0.1) is 6.58 Å². The van der Waals surface area contributed by atoms with Gasteiger partial charge in [-0.3, -0.25) is 0 Å². The summed E-state index contributed by atoms with van der Waals surface area (Å²) in [5.74, 6) is 0.716. The normalized spacial score (nSPS) is 12.8. The van der Waals surface area contributed by atoms with Gasteiger partial charge in [0.15, 0.2) is 0 Å².